The Kier molecular flexibility index (Phi) is 10.6. The molecular formula is C20H33IN4O. The lowest BCUT2D eigenvalue weighted by Crippen LogP contribution is -2.42. The minimum atomic E-state index is -0.0473. The van der Waals surface area contributed by atoms with Gasteiger partial charge in [-0.05, 0) is 42.4 Å². The number of amides is 1. The molecule has 1 aliphatic rings. The number of nitrogens with one attached hydrogen (secondary N) is 3. The summed E-state index contributed by atoms with van der Waals surface area (Å²) in [4.78, 5) is 16.0. The van der Waals surface area contributed by atoms with Gasteiger partial charge in [0.15, 0.2) is 5.96 Å². The summed E-state index contributed by atoms with van der Waals surface area (Å²) in [5.74, 6) is 2.36. The van der Waals surface area contributed by atoms with E-state index in [1.165, 1.54) is 25.7 Å². The summed E-state index contributed by atoms with van der Waals surface area (Å²) in [5.41, 5.74) is 1.85. The van der Waals surface area contributed by atoms with Gasteiger partial charge < -0.3 is 16.0 Å². The molecule has 1 aliphatic carbocycles. The normalized spacial score (nSPS) is 20.0. The standard InChI is InChI=1S/C20H32N4O.HI/c1-15-7-4-5-9-18(15)14-24-20(22-3)23-12-11-16-8-6-10-17(13-16)19(25)21-2;/h6,8,10,13,15,18H,4-5,7,9,11-12,14H2,1-3H3,(H,21,25)(H2,22,23,24);1H. The number of hydrogen-bond donors (Lipinski definition) is 3. The van der Waals surface area contributed by atoms with Gasteiger partial charge in [-0.25, -0.2) is 0 Å². The van der Waals surface area contributed by atoms with Crippen molar-refractivity contribution in [2.45, 2.75) is 39.0 Å². The average molecular weight is 472 g/mol. The minimum absolute atomic E-state index is 0. The molecule has 1 amide bonds. The number of aliphatic imine (C=N–C) groups is 1. The van der Waals surface area contributed by atoms with Gasteiger partial charge in [-0.1, -0.05) is 38.3 Å². The first-order valence-corrected chi connectivity index (χ1v) is 9.39. The van der Waals surface area contributed by atoms with E-state index in [4.69, 9.17) is 0 Å². The highest BCUT2D eigenvalue weighted by Gasteiger charge is 2.21. The topological polar surface area (TPSA) is 65.5 Å². The first-order chi connectivity index (χ1) is 12.1. The number of carbonyl (C=O) groups excluding carboxylic acids is 1. The highest BCUT2D eigenvalue weighted by Crippen LogP contribution is 2.28. The zero-order valence-electron chi connectivity index (χ0n) is 16.2. The Bertz CT molecular complexity index is 591. The van der Waals surface area contributed by atoms with E-state index in [-0.39, 0.29) is 29.9 Å². The quantitative estimate of drug-likeness (QED) is 0.339. The summed E-state index contributed by atoms with van der Waals surface area (Å²) >= 11 is 0. The summed E-state index contributed by atoms with van der Waals surface area (Å²) in [7, 11) is 3.46. The van der Waals surface area contributed by atoms with Crippen LogP contribution in [0.5, 0.6) is 0 Å². The van der Waals surface area contributed by atoms with Crippen LogP contribution in [-0.4, -0.2) is 39.1 Å². The molecule has 26 heavy (non-hydrogen) atoms. The Balaban J connectivity index is 0.00000338. The van der Waals surface area contributed by atoms with Crippen molar-refractivity contribution in [2.75, 3.05) is 27.2 Å². The Morgan fingerprint density at radius 3 is 2.69 bits per heavy atom. The van der Waals surface area contributed by atoms with E-state index in [2.05, 4.69) is 27.9 Å². The zero-order chi connectivity index (χ0) is 18.1. The van der Waals surface area contributed by atoms with E-state index in [1.54, 1.807) is 7.05 Å². The van der Waals surface area contributed by atoms with Crippen LogP contribution in [0.25, 0.3) is 0 Å². The Morgan fingerprint density at radius 1 is 1.23 bits per heavy atom. The molecule has 1 aromatic carbocycles. The molecule has 1 aromatic rings. The fourth-order valence-corrected chi connectivity index (χ4v) is 3.48. The van der Waals surface area contributed by atoms with E-state index in [1.807, 2.05) is 31.3 Å². The molecule has 1 fully saturated rings. The lowest BCUT2D eigenvalue weighted by atomic mass is 9.80. The second kappa shape index (κ2) is 12.1. The summed E-state index contributed by atoms with van der Waals surface area (Å²) in [6.45, 7) is 4.14. The molecule has 2 rings (SSSR count). The van der Waals surface area contributed by atoms with Crippen molar-refractivity contribution in [2.24, 2.45) is 16.8 Å². The van der Waals surface area contributed by atoms with E-state index >= 15 is 0 Å². The van der Waals surface area contributed by atoms with Crippen LogP contribution >= 0.6 is 24.0 Å². The molecule has 0 aliphatic heterocycles. The molecule has 2 atom stereocenters. The maximum absolute atomic E-state index is 11.7. The van der Waals surface area contributed by atoms with Gasteiger partial charge in [0.05, 0.1) is 0 Å². The number of hydrogen-bond acceptors (Lipinski definition) is 2. The van der Waals surface area contributed by atoms with Gasteiger partial charge in [-0.2, -0.15) is 0 Å². The van der Waals surface area contributed by atoms with Crippen LogP contribution in [0.3, 0.4) is 0 Å². The number of benzene rings is 1. The molecule has 5 nitrogen and oxygen atoms in total. The van der Waals surface area contributed by atoms with Crippen molar-refractivity contribution >= 4 is 35.8 Å². The van der Waals surface area contributed by atoms with Gasteiger partial charge >= 0.3 is 0 Å². The van der Waals surface area contributed by atoms with Gasteiger partial charge in [-0.15, -0.1) is 24.0 Å². The first kappa shape index (κ1) is 22.7. The fourth-order valence-electron chi connectivity index (χ4n) is 3.48. The molecule has 3 N–H and O–H groups in total. The Morgan fingerprint density at radius 2 is 2.00 bits per heavy atom. The van der Waals surface area contributed by atoms with Gasteiger partial charge in [0.1, 0.15) is 0 Å². The molecule has 6 heteroatoms. The van der Waals surface area contributed by atoms with Crippen LogP contribution in [0.15, 0.2) is 29.3 Å². The van der Waals surface area contributed by atoms with Gasteiger partial charge in [0.25, 0.3) is 5.91 Å². The molecule has 0 radical (unpaired) electrons. The van der Waals surface area contributed by atoms with E-state index in [0.29, 0.717) is 5.56 Å². The third-order valence-corrected chi connectivity index (χ3v) is 5.17. The summed E-state index contributed by atoms with van der Waals surface area (Å²) in [5, 5.41) is 9.50. The predicted molar refractivity (Wildman–Crippen MR) is 119 cm³/mol. The lowest BCUT2D eigenvalue weighted by Gasteiger charge is -2.29. The first-order valence-electron chi connectivity index (χ1n) is 9.39. The number of guanidine groups is 1. The van der Waals surface area contributed by atoms with Crippen molar-refractivity contribution in [3.05, 3.63) is 35.4 Å². The molecule has 146 valence electrons. The fraction of sp³-hybridized carbons (Fsp3) is 0.600. The number of halogens is 1. The molecular weight excluding hydrogens is 439 g/mol. The molecule has 1 saturated carbocycles. The number of nitrogens with zero attached hydrogens (tertiary/aromatic N) is 1. The Hall–Kier alpha value is -1.31. The number of rotatable bonds is 6. The van der Waals surface area contributed by atoms with Crippen molar-refractivity contribution in [1.29, 1.82) is 0 Å². The highest BCUT2D eigenvalue weighted by atomic mass is 127. The van der Waals surface area contributed by atoms with Crippen LogP contribution in [0.1, 0.15) is 48.5 Å². The zero-order valence-corrected chi connectivity index (χ0v) is 18.5. The van der Waals surface area contributed by atoms with E-state index in [0.717, 1.165) is 42.9 Å². The molecule has 0 aromatic heterocycles. The molecule has 0 bridgehead atoms. The summed E-state index contributed by atoms with van der Waals surface area (Å²) < 4.78 is 0. The van der Waals surface area contributed by atoms with Gasteiger partial charge in [0.2, 0.25) is 0 Å². The predicted octanol–water partition coefficient (Wildman–Crippen LogP) is 3.20. The number of carbonyl (C=O) groups is 1. The second-order valence-corrected chi connectivity index (χ2v) is 6.93. The maximum Gasteiger partial charge on any atom is 0.251 e. The van der Waals surface area contributed by atoms with Crippen molar-refractivity contribution in [1.82, 2.24) is 16.0 Å². The van der Waals surface area contributed by atoms with Crippen LogP contribution < -0.4 is 16.0 Å². The molecule has 2 unspecified atom stereocenters. The third kappa shape index (κ3) is 7.13. The van der Waals surface area contributed by atoms with Crippen molar-refractivity contribution in [3.63, 3.8) is 0 Å². The average Bonchev–Trinajstić information content (AvgIpc) is 2.65. The SMILES string of the molecule is CN=C(NCCc1cccc(C(=O)NC)c1)NCC1CCCCC1C.I. The van der Waals surface area contributed by atoms with E-state index in [9.17, 15) is 4.79 Å². The van der Waals surface area contributed by atoms with Crippen molar-refractivity contribution < 1.29 is 4.79 Å². The monoisotopic (exact) mass is 472 g/mol. The molecule has 0 saturated heterocycles. The summed E-state index contributed by atoms with van der Waals surface area (Å²) in [6, 6.07) is 7.76. The lowest BCUT2D eigenvalue weighted by molar-refractivity contribution is 0.0963. The molecule has 0 spiro atoms. The maximum atomic E-state index is 11.7. The minimum Gasteiger partial charge on any atom is -0.356 e. The smallest absolute Gasteiger partial charge is 0.251 e. The van der Waals surface area contributed by atoms with Crippen LogP contribution in [0, 0.1) is 11.8 Å². The highest BCUT2D eigenvalue weighted by molar-refractivity contribution is 14.0. The second-order valence-electron chi connectivity index (χ2n) is 6.93. The van der Waals surface area contributed by atoms with Crippen LogP contribution in [0.2, 0.25) is 0 Å². The van der Waals surface area contributed by atoms with Crippen LogP contribution in [-0.2, 0) is 6.42 Å². The third-order valence-electron chi connectivity index (χ3n) is 5.17. The summed E-state index contributed by atoms with van der Waals surface area (Å²) in [6.07, 6.45) is 6.24. The largest absolute Gasteiger partial charge is 0.356 e. The van der Waals surface area contributed by atoms with E-state index < -0.39 is 0 Å². The molecule has 0 heterocycles. The van der Waals surface area contributed by atoms with Crippen molar-refractivity contribution in [3.8, 4) is 0 Å². The van der Waals surface area contributed by atoms with Crippen LogP contribution in [0.4, 0.5) is 0 Å². The Labute approximate surface area is 174 Å². The van der Waals surface area contributed by atoms with Gasteiger partial charge in [-0.3, -0.25) is 9.79 Å². The van der Waals surface area contributed by atoms with Gasteiger partial charge in [0, 0.05) is 32.7 Å².